The molecule has 0 saturated heterocycles. The third-order valence-electron chi connectivity index (χ3n) is 1.95. The third-order valence-corrected chi connectivity index (χ3v) is 1.95. The molecule has 0 bridgehead atoms. The molecule has 0 amide bonds. The summed E-state index contributed by atoms with van der Waals surface area (Å²) >= 11 is 0. The van der Waals surface area contributed by atoms with Crippen molar-refractivity contribution in [3.63, 3.8) is 0 Å². The second-order valence-corrected chi connectivity index (χ2v) is 3.04. The Morgan fingerprint density at radius 3 is 2.44 bits per heavy atom. The van der Waals surface area contributed by atoms with Gasteiger partial charge in [0.1, 0.15) is 0 Å². The van der Waals surface area contributed by atoms with E-state index in [1.54, 1.807) is 12.1 Å². The summed E-state index contributed by atoms with van der Waals surface area (Å²) in [6.45, 7) is 0. The predicted molar refractivity (Wildman–Crippen MR) is 56.6 cm³/mol. The number of carboxylic acid groups (broad SMARTS) is 1. The van der Waals surface area contributed by atoms with E-state index in [9.17, 15) is 4.79 Å². The monoisotopic (exact) mass is 216 g/mol. The molecule has 3 N–H and O–H groups in total. The van der Waals surface area contributed by atoms with E-state index in [1.807, 2.05) is 18.2 Å². The number of hydrogen-bond donors (Lipinski definition) is 2. The number of carbonyl (C=O) groups is 1. The number of aromatic carboxylic acids is 1. The summed E-state index contributed by atoms with van der Waals surface area (Å²) < 4.78 is 0. The lowest BCUT2D eigenvalue weighted by atomic mass is 10.2. The van der Waals surface area contributed by atoms with Gasteiger partial charge in [-0.2, -0.15) is 0 Å². The molecule has 0 fully saturated rings. The molecule has 0 unspecified atom stereocenters. The van der Waals surface area contributed by atoms with Crippen LogP contribution in [-0.2, 0) is 0 Å². The van der Waals surface area contributed by atoms with Crippen LogP contribution in [0.15, 0.2) is 30.3 Å². The first-order valence-corrected chi connectivity index (χ1v) is 4.47. The lowest BCUT2D eigenvalue weighted by molar-refractivity contribution is 0.0690. The maximum atomic E-state index is 10.6. The van der Waals surface area contributed by atoms with Crippen molar-refractivity contribution in [3.05, 3.63) is 36.0 Å². The van der Waals surface area contributed by atoms with Crippen molar-refractivity contribution in [2.75, 3.05) is 5.73 Å². The van der Waals surface area contributed by atoms with Crippen LogP contribution in [0.5, 0.6) is 0 Å². The zero-order chi connectivity index (χ0) is 11.5. The van der Waals surface area contributed by atoms with Crippen LogP contribution in [0, 0.1) is 0 Å². The molecule has 1 aromatic heterocycles. The first-order chi connectivity index (χ1) is 7.68. The number of benzene rings is 1. The van der Waals surface area contributed by atoms with Gasteiger partial charge in [-0.05, 0) is 0 Å². The predicted octanol–water partition coefficient (Wildman–Crippen LogP) is 0.819. The average molecular weight is 216 g/mol. The maximum Gasteiger partial charge on any atom is 0.360 e. The largest absolute Gasteiger partial charge is 0.476 e. The van der Waals surface area contributed by atoms with Crippen LogP contribution in [0.3, 0.4) is 0 Å². The van der Waals surface area contributed by atoms with Crippen LogP contribution in [0.4, 0.5) is 5.82 Å². The molecule has 1 aromatic carbocycles. The van der Waals surface area contributed by atoms with Crippen LogP contribution >= 0.6 is 0 Å². The molecule has 0 aliphatic heterocycles. The van der Waals surface area contributed by atoms with E-state index in [0.717, 1.165) is 5.56 Å². The van der Waals surface area contributed by atoms with Gasteiger partial charge in [0.05, 0.1) is 0 Å². The van der Waals surface area contributed by atoms with Crippen molar-refractivity contribution < 1.29 is 9.90 Å². The molecule has 6 nitrogen and oxygen atoms in total. The van der Waals surface area contributed by atoms with Gasteiger partial charge in [0.25, 0.3) is 0 Å². The van der Waals surface area contributed by atoms with E-state index < -0.39 is 5.97 Å². The van der Waals surface area contributed by atoms with E-state index in [2.05, 4.69) is 15.2 Å². The Morgan fingerprint density at radius 1 is 1.19 bits per heavy atom. The normalized spacial score (nSPS) is 10.0. The smallest absolute Gasteiger partial charge is 0.360 e. The van der Waals surface area contributed by atoms with Crippen LogP contribution in [-0.4, -0.2) is 26.3 Å². The second kappa shape index (κ2) is 3.93. The van der Waals surface area contributed by atoms with Gasteiger partial charge >= 0.3 is 5.97 Å². The van der Waals surface area contributed by atoms with Crippen LogP contribution in [0.1, 0.15) is 10.5 Å². The summed E-state index contributed by atoms with van der Waals surface area (Å²) in [4.78, 5) is 14.5. The molecular weight excluding hydrogens is 208 g/mol. The average Bonchev–Trinajstić information content (AvgIpc) is 2.29. The van der Waals surface area contributed by atoms with E-state index in [0.29, 0.717) is 5.82 Å². The molecule has 6 heteroatoms. The summed E-state index contributed by atoms with van der Waals surface area (Å²) in [6, 6.07) is 9.07. The standard InChI is InChI=1S/C10H8N4O2/c11-8-7(10(15)16)13-14-9(12-8)6-4-2-1-3-5-6/h1-5H,(H,15,16)(H2,11,12,14). The van der Waals surface area contributed by atoms with Crippen molar-refractivity contribution in [1.82, 2.24) is 15.2 Å². The quantitative estimate of drug-likeness (QED) is 0.770. The van der Waals surface area contributed by atoms with Crippen molar-refractivity contribution in [2.45, 2.75) is 0 Å². The molecule has 0 aliphatic carbocycles. The molecule has 2 aromatic rings. The van der Waals surface area contributed by atoms with Crippen LogP contribution in [0.25, 0.3) is 11.4 Å². The van der Waals surface area contributed by atoms with E-state index >= 15 is 0 Å². The molecule has 0 spiro atoms. The molecule has 1 heterocycles. The highest BCUT2D eigenvalue weighted by Gasteiger charge is 2.13. The zero-order valence-corrected chi connectivity index (χ0v) is 8.16. The van der Waals surface area contributed by atoms with Gasteiger partial charge in [0, 0.05) is 5.56 Å². The maximum absolute atomic E-state index is 10.6. The Labute approximate surface area is 90.8 Å². The highest BCUT2D eigenvalue weighted by molar-refractivity contribution is 5.90. The topological polar surface area (TPSA) is 102 Å². The van der Waals surface area contributed by atoms with Gasteiger partial charge in [-0.15, -0.1) is 10.2 Å². The van der Waals surface area contributed by atoms with Crippen molar-refractivity contribution in [2.24, 2.45) is 0 Å². The summed E-state index contributed by atoms with van der Waals surface area (Å²) in [5.41, 5.74) is 5.87. The Bertz CT molecular complexity index is 528. The van der Waals surface area contributed by atoms with Gasteiger partial charge in [-0.3, -0.25) is 0 Å². The summed E-state index contributed by atoms with van der Waals surface area (Å²) in [5.74, 6) is -1.07. The Hall–Kier alpha value is -2.50. The second-order valence-electron chi connectivity index (χ2n) is 3.04. The summed E-state index contributed by atoms with van der Waals surface area (Å²) in [5, 5.41) is 15.9. The number of hydrogen-bond acceptors (Lipinski definition) is 5. The van der Waals surface area contributed by atoms with E-state index in [4.69, 9.17) is 10.8 Å². The molecule has 0 aliphatic rings. The SMILES string of the molecule is Nc1nc(-c2ccccc2)nnc1C(=O)O. The first kappa shape index (κ1) is 10.0. The zero-order valence-electron chi connectivity index (χ0n) is 8.16. The fourth-order valence-corrected chi connectivity index (χ4v) is 1.20. The number of anilines is 1. The van der Waals surface area contributed by atoms with Gasteiger partial charge in [0.2, 0.25) is 5.69 Å². The molecule has 0 saturated carbocycles. The lowest BCUT2D eigenvalue weighted by Crippen LogP contribution is -2.10. The van der Waals surface area contributed by atoms with Crippen LogP contribution < -0.4 is 5.73 Å². The highest BCUT2D eigenvalue weighted by Crippen LogP contribution is 2.15. The third kappa shape index (κ3) is 1.81. The number of nitrogen functional groups attached to an aromatic ring is 1. The molecule has 0 atom stereocenters. The number of nitrogens with two attached hydrogens (primary N) is 1. The summed E-state index contributed by atoms with van der Waals surface area (Å²) in [7, 11) is 0. The molecule has 16 heavy (non-hydrogen) atoms. The number of nitrogens with zero attached hydrogens (tertiary/aromatic N) is 3. The van der Waals surface area contributed by atoms with Crippen molar-refractivity contribution in [1.29, 1.82) is 0 Å². The lowest BCUT2D eigenvalue weighted by Gasteiger charge is -2.01. The minimum atomic E-state index is -1.24. The highest BCUT2D eigenvalue weighted by atomic mass is 16.4. The Kier molecular flexibility index (Phi) is 2.47. The fourth-order valence-electron chi connectivity index (χ4n) is 1.20. The van der Waals surface area contributed by atoms with Gasteiger partial charge < -0.3 is 10.8 Å². The number of rotatable bonds is 2. The molecule has 80 valence electrons. The minimum Gasteiger partial charge on any atom is -0.476 e. The number of aromatic nitrogens is 3. The van der Waals surface area contributed by atoms with Crippen molar-refractivity contribution >= 4 is 11.8 Å². The summed E-state index contributed by atoms with van der Waals surface area (Å²) in [6.07, 6.45) is 0. The minimum absolute atomic E-state index is 0.138. The Balaban J connectivity index is 2.46. The van der Waals surface area contributed by atoms with E-state index in [1.165, 1.54) is 0 Å². The van der Waals surface area contributed by atoms with Gasteiger partial charge in [-0.1, -0.05) is 30.3 Å². The molecular formula is C10H8N4O2. The van der Waals surface area contributed by atoms with Crippen molar-refractivity contribution in [3.8, 4) is 11.4 Å². The molecule has 0 radical (unpaired) electrons. The van der Waals surface area contributed by atoms with E-state index in [-0.39, 0.29) is 11.5 Å². The van der Waals surface area contributed by atoms with Crippen LogP contribution in [0.2, 0.25) is 0 Å². The molecule has 2 rings (SSSR count). The number of carboxylic acids is 1. The fraction of sp³-hybridized carbons (Fsp3) is 0. The van der Waals surface area contributed by atoms with Gasteiger partial charge in [-0.25, -0.2) is 9.78 Å². The van der Waals surface area contributed by atoms with Gasteiger partial charge in [0.15, 0.2) is 11.6 Å². The first-order valence-electron chi connectivity index (χ1n) is 4.47. The Morgan fingerprint density at radius 2 is 1.88 bits per heavy atom.